The Balaban J connectivity index is 1.06. The van der Waals surface area contributed by atoms with Gasteiger partial charge in [-0.25, -0.2) is 0 Å². The molecule has 0 N–H and O–H groups in total. The Morgan fingerprint density at radius 3 is 2.58 bits per heavy atom. The Bertz CT molecular complexity index is 1960. The minimum Gasteiger partial charge on any atom is -0.364 e. The Morgan fingerprint density at radius 2 is 1.70 bits per heavy atom. The standard InChI is InChI=1S/C48H54N2/c1-4-13-33(14-5-1)35-17-12-20-40(29-35)50-47-26-23-36(34-15-6-2-7-16-34)30-43(47)44-32-38(25-28-48(44)50)37-24-27-46-42(31-37)41-21-10-11-22-45(41)49(46)39-18-8-3-9-19-39/h1-2,4-6,8,10,13,15,18,21,25,28-29,31-33,35-36,39,41,45H,3,7,9,11-12,14,16-17,19-20,22-24,26-27,30H2. The van der Waals surface area contributed by atoms with Gasteiger partial charge in [0.2, 0.25) is 0 Å². The third-order valence-electron chi connectivity index (χ3n) is 13.8. The van der Waals surface area contributed by atoms with E-state index in [1.807, 2.05) is 0 Å². The van der Waals surface area contributed by atoms with Crippen molar-refractivity contribution >= 4 is 22.2 Å². The zero-order valence-electron chi connectivity index (χ0n) is 29.9. The van der Waals surface area contributed by atoms with Gasteiger partial charge in [0, 0.05) is 40.5 Å². The monoisotopic (exact) mass is 658 g/mol. The molecule has 0 saturated heterocycles. The summed E-state index contributed by atoms with van der Waals surface area (Å²) < 4.78 is 2.77. The molecule has 7 aliphatic carbocycles. The third-order valence-corrected chi connectivity index (χ3v) is 13.8. The average molecular weight is 659 g/mol. The van der Waals surface area contributed by atoms with E-state index in [-0.39, 0.29) is 0 Å². The zero-order chi connectivity index (χ0) is 33.0. The highest BCUT2D eigenvalue weighted by atomic mass is 15.2. The molecular formula is C48H54N2. The van der Waals surface area contributed by atoms with Crippen LogP contribution in [-0.2, 0) is 12.8 Å². The lowest BCUT2D eigenvalue weighted by atomic mass is 9.78. The van der Waals surface area contributed by atoms with Crippen LogP contribution in [0.3, 0.4) is 0 Å². The molecule has 256 valence electrons. The van der Waals surface area contributed by atoms with Crippen molar-refractivity contribution in [1.82, 2.24) is 9.47 Å². The fraction of sp³-hybridized carbons (Fsp3) is 0.458. The maximum absolute atomic E-state index is 2.89. The topological polar surface area (TPSA) is 8.17 Å². The number of hydrogen-bond acceptors (Lipinski definition) is 1. The molecule has 0 amide bonds. The van der Waals surface area contributed by atoms with E-state index in [1.54, 1.807) is 39.4 Å². The second kappa shape index (κ2) is 13.1. The van der Waals surface area contributed by atoms with Gasteiger partial charge >= 0.3 is 0 Å². The van der Waals surface area contributed by atoms with Gasteiger partial charge in [-0.05, 0) is 155 Å². The van der Waals surface area contributed by atoms with Crippen molar-refractivity contribution in [3.05, 3.63) is 131 Å². The SMILES string of the molecule is C1=CCCC(C2CCc3c(c4cc(C5=CC6=C(CC5)N(C5C=CCCC5)C5CCC=CC65)ccc4n3C3=CC(C4C=CC=CC4)CCC3)C2)=C1. The van der Waals surface area contributed by atoms with E-state index in [4.69, 9.17) is 0 Å². The summed E-state index contributed by atoms with van der Waals surface area (Å²) in [5, 5.41) is 1.54. The molecule has 1 aliphatic heterocycles. The normalized spacial score (nSPS) is 31.8. The van der Waals surface area contributed by atoms with Gasteiger partial charge in [-0.2, -0.15) is 0 Å². The van der Waals surface area contributed by atoms with E-state index in [0.717, 1.165) is 6.42 Å². The molecule has 0 radical (unpaired) electrons. The molecule has 1 aromatic carbocycles. The first-order valence-corrected chi connectivity index (χ1v) is 20.4. The molecule has 0 saturated carbocycles. The van der Waals surface area contributed by atoms with Gasteiger partial charge < -0.3 is 9.47 Å². The molecule has 0 bridgehead atoms. The highest BCUT2D eigenvalue weighted by Gasteiger charge is 2.43. The minimum atomic E-state index is 0.557. The van der Waals surface area contributed by atoms with Crippen LogP contribution in [0.1, 0.15) is 107 Å². The van der Waals surface area contributed by atoms with E-state index in [1.165, 1.54) is 113 Å². The van der Waals surface area contributed by atoms with Crippen LogP contribution >= 0.6 is 0 Å². The number of fused-ring (bicyclic) bond motifs is 5. The lowest BCUT2D eigenvalue weighted by molar-refractivity contribution is 0.184. The fourth-order valence-electron chi connectivity index (χ4n) is 11.4. The first-order valence-electron chi connectivity index (χ1n) is 20.4. The smallest absolute Gasteiger partial charge is 0.0531 e. The molecule has 0 spiro atoms. The summed E-state index contributed by atoms with van der Waals surface area (Å²) >= 11 is 0. The summed E-state index contributed by atoms with van der Waals surface area (Å²) in [6, 6.07) is 8.89. The van der Waals surface area contributed by atoms with Crippen molar-refractivity contribution in [3.8, 4) is 0 Å². The quantitative estimate of drug-likeness (QED) is 0.290. The van der Waals surface area contributed by atoms with Crippen LogP contribution in [0, 0.1) is 23.7 Å². The number of allylic oxidation sites excluding steroid dienone is 15. The van der Waals surface area contributed by atoms with E-state index in [9.17, 15) is 0 Å². The maximum atomic E-state index is 2.89. The van der Waals surface area contributed by atoms with Gasteiger partial charge in [0.15, 0.2) is 0 Å². The first-order chi connectivity index (χ1) is 24.8. The number of benzene rings is 1. The van der Waals surface area contributed by atoms with Crippen molar-refractivity contribution in [1.29, 1.82) is 0 Å². The van der Waals surface area contributed by atoms with E-state index in [2.05, 4.69) is 107 Å². The van der Waals surface area contributed by atoms with Crippen LogP contribution in [0.15, 0.2) is 114 Å². The second-order valence-corrected chi connectivity index (χ2v) is 16.6. The Hall–Kier alpha value is -3.78. The van der Waals surface area contributed by atoms with Gasteiger partial charge in [-0.1, -0.05) is 90.6 Å². The van der Waals surface area contributed by atoms with E-state index in [0.29, 0.717) is 35.8 Å². The van der Waals surface area contributed by atoms with Crippen LogP contribution in [0.2, 0.25) is 0 Å². The van der Waals surface area contributed by atoms with E-state index < -0.39 is 0 Å². The van der Waals surface area contributed by atoms with Gasteiger partial charge in [0.05, 0.1) is 5.52 Å². The minimum absolute atomic E-state index is 0.557. The average Bonchev–Trinajstić information content (AvgIpc) is 3.71. The zero-order valence-corrected chi connectivity index (χ0v) is 29.9. The first kappa shape index (κ1) is 31.0. The largest absolute Gasteiger partial charge is 0.364 e. The Kier molecular flexibility index (Phi) is 8.11. The van der Waals surface area contributed by atoms with Crippen LogP contribution in [0.5, 0.6) is 0 Å². The van der Waals surface area contributed by atoms with Crippen molar-refractivity contribution in [2.75, 3.05) is 0 Å². The van der Waals surface area contributed by atoms with Gasteiger partial charge in [-0.15, -0.1) is 0 Å². The summed E-state index contributed by atoms with van der Waals surface area (Å²) in [5.41, 5.74) is 14.3. The molecule has 2 heteroatoms. The lowest BCUT2D eigenvalue weighted by Crippen LogP contribution is -2.41. The van der Waals surface area contributed by atoms with Crippen LogP contribution in [0.25, 0.3) is 22.2 Å². The Labute approximate surface area is 300 Å². The molecule has 2 nitrogen and oxygen atoms in total. The molecule has 2 aromatic rings. The molecule has 50 heavy (non-hydrogen) atoms. The summed E-state index contributed by atoms with van der Waals surface area (Å²) in [4.78, 5) is 2.89. The summed E-state index contributed by atoms with van der Waals surface area (Å²) in [6.07, 6.45) is 51.7. The van der Waals surface area contributed by atoms with Crippen molar-refractivity contribution in [3.63, 3.8) is 0 Å². The summed E-state index contributed by atoms with van der Waals surface area (Å²) in [7, 11) is 0. The van der Waals surface area contributed by atoms with Crippen molar-refractivity contribution < 1.29 is 0 Å². The van der Waals surface area contributed by atoms with Gasteiger partial charge in [0.1, 0.15) is 0 Å². The van der Waals surface area contributed by atoms with Crippen LogP contribution in [-0.4, -0.2) is 21.6 Å². The molecule has 6 unspecified atom stereocenters. The number of hydrogen-bond donors (Lipinski definition) is 0. The van der Waals surface area contributed by atoms with Crippen LogP contribution < -0.4 is 0 Å². The van der Waals surface area contributed by atoms with E-state index >= 15 is 0 Å². The Morgan fingerprint density at radius 1 is 0.720 bits per heavy atom. The summed E-state index contributed by atoms with van der Waals surface area (Å²) in [5.74, 6) is 2.52. The second-order valence-electron chi connectivity index (χ2n) is 16.6. The fourth-order valence-corrected chi connectivity index (χ4v) is 11.4. The predicted octanol–water partition coefficient (Wildman–Crippen LogP) is 12.0. The maximum Gasteiger partial charge on any atom is 0.0531 e. The molecule has 1 aromatic heterocycles. The van der Waals surface area contributed by atoms with Crippen molar-refractivity contribution in [2.24, 2.45) is 23.7 Å². The molecule has 10 rings (SSSR count). The number of rotatable bonds is 5. The molecule has 2 heterocycles. The lowest BCUT2D eigenvalue weighted by Gasteiger charge is -2.39. The molecule has 6 atom stereocenters. The number of nitrogens with zero attached hydrogens (tertiary/aromatic N) is 2. The molecular weight excluding hydrogens is 605 g/mol. The third kappa shape index (κ3) is 5.35. The highest BCUT2D eigenvalue weighted by Crippen LogP contribution is 2.49. The summed E-state index contributed by atoms with van der Waals surface area (Å²) in [6.45, 7) is 0. The van der Waals surface area contributed by atoms with Crippen molar-refractivity contribution in [2.45, 2.75) is 115 Å². The van der Waals surface area contributed by atoms with Crippen LogP contribution in [0.4, 0.5) is 0 Å². The van der Waals surface area contributed by atoms with Gasteiger partial charge in [0.25, 0.3) is 0 Å². The molecule has 8 aliphatic rings. The number of aromatic nitrogens is 1. The predicted molar refractivity (Wildman–Crippen MR) is 210 cm³/mol. The van der Waals surface area contributed by atoms with Gasteiger partial charge in [-0.3, -0.25) is 0 Å². The highest BCUT2D eigenvalue weighted by molar-refractivity contribution is 5.92. The molecule has 0 fully saturated rings.